The van der Waals surface area contributed by atoms with E-state index in [1.54, 1.807) is 22.4 Å². The second-order valence-corrected chi connectivity index (χ2v) is 2.94. The predicted octanol–water partition coefficient (Wildman–Crippen LogP) is 0.908. The van der Waals surface area contributed by atoms with Crippen molar-refractivity contribution < 1.29 is 10.2 Å². The molecule has 0 aliphatic carbocycles. The Morgan fingerprint density at radius 2 is 2.27 bits per heavy atom. The maximum atomic E-state index is 9.23. The molecule has 62 valence electrons. The highest BCUT2D eigenvalue weighted by molar-refractivity contribution is 7.98. The molecule has 0 aliphatic heterocycles. The molecule has 0 amide bonds. The molecule has 0 aromatic carbocycles. The van der Waals surface area contributed by atoms with Crippen LogP contribution in [-0.2, 0) is 6.54 Å². The summed E-state index contributed by atoms with van der Waals surface area (Å²) < 4.78 is 1.67. The van der Waals surface area contributed by atoms with Crippen molar-refractivity contribution in [3.8, 4) is 5.88 Å². The second-order valence-electron chi connectivity index (χ2n) is 2.11. The van der Waals surface area contributed by atoms with Gasteiger partial charge in [-0.2, -0.15) is 0 Å². The van der Waals surface area contributed by atoms with Crippen molar-refractivity contribution in [2.75, 3.05) is 12.9 Å². The molecule has 1 aromatic rings. The van der Waals surface area contributed by atoms with Gasteiger partial charge in [0.25, 0.3) is 0 Å². The summed E-state index contributed by atoms with van der Waals surface area (Å²) >= 11 is 1.55. The lowest BCUT2D eigenvalue weighted by Gasteiger charge is -2.05. The minimum Gasteiger partial charge on any atom is -0.494 e. The first-order chi connectivity index (χ1) is 5.29. The summed E-state index contributed by atoms with van der Waals surface area (Å²) in [4.78, 5) is 0. The number of hydrogen-bond acceptors (Lipinski definition) is 3. The van der Waals surface area contributed by atoms with Gasteiger partial charge in [-0.3, -0.25) is 0 Å². The minimum atomic E-state index is 0.0514. The number of aromatic nitrogens is 1. The Kier molecular flexibility index (Phi) is 2.84. The van der Waals surface area contributed by atoms with Gasteiger partial charge in [-0.1, -0.05) is 0 Å². The summed E-state index contributed by atoms with van der Waals surface area (Å²) in [5.41, 5.74) is 0. The molecule has 0 bridgehead atoms. The maximum Gasteiger partial charge on any atom is 0.191 e. The Labute approximate surface area is 69.7 Å². The fourth-order valence-corrected chi connectivity index (χ4v) is 1.55. The van der Waals surface area contributed by atoms with E-state index in [0.29, 0.717) is 6.54 Å². The molecule has 1 heterocycles. The molecule has 1 rings (SSSR count). The fourth-order valence-electron chi connectivity index (χ4n) is 0.942. The normalized spacial score (nSPS) is 10.4. The van der Waals surface area contributed by atoms with Gasteiger partial charge in [-0.05, 0) is 12.3 Å². The average Bonchev–Trinajstić information content (AvgIpc) is 2.34. The highest BCUT2D eigenvalue weighted by atomic mass is 32.2. The third-order valence-electron chi connectivity index (χ3n) is 1.45. The Morgan fingerprint density at radius 1 is 1.55 bits per heavy atom. The topological polar surface area (TPSA) is 45.4 Å². The van der Waals surface area contributed by atoms with Crippen LogP contribution in [-0.4, -0.2) is 27.6 Å². The van der Waals surface area contributed by atoms with Crippen LogP contribution in [0.3, 0.4) is 0 Å². The Bertz CT molecular complexity index is 234. The van der Waals surface area contributed by atoms with Crippen molar-refractivity contribution in [2.24, 2.45) is 0 Å². The van der Waals surface area contributed by atoms with Crippen LogP contribution in [0.1, 0.15) is 0 Å². The summed E-state index contributed by atoms with van der Waals surface area (Å²) in [5.74, 6) is 0.211. The average molecular weight is 173 g/mol. The number of hydrogen-bond donors (Lipinski definition) is 2. The van der Waals surface area contributed by atoms with Gasteiger partial charge in [0.2, 0.25) is 0 Å². The highest BCUT2D eigenvalue weighted by Crippen LogP contribution is 2.22. The van der Waals surface area contributed by atoms with Crippen LogP contribution in [0.25, 0.3) is 0 Å². The predicted molar refractivity (Wildman–Crippen MR) is 45.0 cm³/mol. The quantitative estimate of drug-likeness (QED) is 0.668. The molecule has 11 heavy (non-hydrogen) atoms. The molecule has 3 nitrogen and oxygen atoms in total. The van der Waals surface area contributed by atoms with Crippen LogP contribution in [0.15, 0.2) is 17.2 Å². The maximum absolute atomic E-state index is 9.23. The lowest BCUT2D eigenvalue weighted by atomic mass is 10.6. The van der Waals surface area contributed by atoms with Gasteiger partial charge in [-0.25, -0.2) is 0 Å². The van der Waals surface area contributed by atoms with Crippen LogP contribution in [0.2, 0.25) is 0 Å². The Hall–Kier alpha value is -0.610. The van der Waals surface area contributed by atoms with Crippen LogP contribution < -0.4 is 0 Å². The van der Waals surface area contributed by atoms with Crippen LogP contribution >= 0.6 is 11.8 Å². The first kappa shape index (κ1) is 8.49. The fraction of sp³-hybridized carbons (Fsp3) is 0.429. The van der Waals surface area contributed by atoms with Gasteiger partial charge in [0.05, 0.1) is 11.6 Å². The van der Waals surface area contributed by atoms with Gasteiger partial charge < -0.3 is 14.8 Å². The zero-order chi connectivity index (χ0) is 8.27. The lowest BCUT2D eigenvalue weighted by molar-refractivity contribution is 0.262. The van der Waals surface area contributed by atoms with E-state index in [1.807, 2.05) is 12.3 Å². The number of aliphatic hydroxyl groups excluding tert-OH is 1. The number of aliphatic hydroxyl groups is 1. The standard InChI is InChI=1S/C7H11NO2S/c1-11-7-3-2-6(10)8(7)4-5-9/h2-3,9-10H,4-5H2,1H3. The van der Waals surface area contributed by atoms with Gasteiger partial charge >= 0.3 is 0 Å². The van der Waals surface area contributed by atoms with E-state index in [0.717, 1.165) is 5.03 Å². The minimum absolute atomic E-state index is 0.0514. The van der Waals surface area contributed by atoms with Crippen molar-refractivity contribution in [1.82, 2.24) is 4.57 Å². The zero-order valence-electron chi connectivity index (χ0n) is 6.32. The molecule has 0 aliphatic rings. The van der Waals surface area contributed by atoms with Crippen molar-refractivity contribution in [2.45, 2.75) is 11.6 Å². The van der Waals surface area contributed by atoms with Crippen LogP contribution in [0, 0.1) is 0 Å². The molecule has 0 saturated heterocycles. The number of aromatic hydroxyl groups is 1. The molecule has 0 radical (unpaired) electrons. The molecular formula is C7H11NO2S. The second kappa shape index (κ2) is 3.69. The monoisotopic (exact) mass is 173 g/mol. The third-order valence-corrected chi connectivity index (χ3v) is 2.23. The van der Waals surface area contributed by atoms with Gasteiger partial charge in [0, 0.05) is 12.6 Å². The Morgan fingerprint density at radius 3 is 2.82 bits per heavy atom. The largest absolute Gasteiger partial charge is 0.494 e. The molecule has 2 N–H and O–H groups in total. The molecule has 4 heteroatoms. The number of rotatable bonds is 3. The number of thioether (sulfide) groups is 1. The van der Waals surface area contributed by atoms with E-state index in [2.05, 4.69) is 0 Å². The lowest BCUT2D eigenvalue weighted by Crippen LogP contribution is -2.01. The van der Waals surface area contributed by atoms with E-state index in [4.69, 9.17) is 5.11 Å². The van der Waals surface area contributed by atoms with Crippen molar-refractivity contribution in [3.05, 3.63) is 12.1 Å². The van der Waals surface area contributed by atoms with Gasteiger partial charge in [-0.15, -0.1) is 11.8 Å². The molecule has 0 fully saturated rings. The van der Waals surface area contributed by atoms with E-state index in [1.165, 1.54) is 0 Å². The molecule has 1 aromatic heterocycles. The first-order valence-electron chi connectivity index (χ1n) is 3.33. The molecule has 0 atom stereocenters. The van der Waals surface area contributed by atoms with Gasteiger partial charge in [0.15, 0.2) is 5.88 Å². The van der Waals surface area contributed by atoms with Crippen LogP contribution in [0.4, 0.5) is 0 Å². The summed E-state index contributed by atoms with van der Waals surface area (Å²) in [5, 5.41) is 18.8. The molecule has 0 unspecified atom stereocenters. The van der Waals surface area contributed by atoms with Crippen molar-refractivity contribution in [3.63, 3.8) is 0 Å². The van der Waals surface area contributed by atoms with Crippen molar-refractivity contribution in [1.29, 1.82) is 0 Å². The zero-order valence-corrected chi connectivity index (χ0v) is 7.14. The third kappa shape index (κ3) is 1.70. The van der Waals surface area contributed by atoms with E-state index in [-0.39, 0.29) is 12.5 Å². The Balaban J connectivity index is 2.88. The highest BCUT2D eigenvalue weighted by Gasteiger charge is 2.03. The summed E-state index contributed by atoms with van der Waals surface area (Å²) in [6.45, 7) is 0.505. The van der Waals surface area contributed by atoms with Crippen LogP contribution in [0.5, 0.6) is 5.88 Å². The van der Waals surface area contributed by atoms with Gasteiger partial charge in [0.1, 0.15) is 0 Å². The molecule has 0 saturated carbocycles. The van der Waals surface area contributed by atoms with E-state index in [9.17, 15) is 5.11 Å². The van der Waals surface area contributed by atoms with E-state index >= 15 is 0 Å². The summed E-state index contributed by atoms with van der Waals surface area (Å²) in [6.07, 6.45) is 1.93. The first-order valence-corrected chi connectivity index (χ1v) is 4.55. The van der Waals surface area contributed by atoms with Crippen molar-refractivity contribution >= 4 is 11.8 Å². The number of nitrogens with zero attached hydrogens (tertiary/aromatic N) is 1. The summed E-state index contributed by atoms with van der Waals surface area (Å²) in [6, 6.07) is 3.46. The SMILES string of the molecule is CSc1ccc(O)n1CCO. The molecular weight excluding hydrogens is 162 g/mol. The van der Waals surface area contributed by atoms with E-state index < -0.39 is 0 Å². The smallest absolute Gasteiger partial charge is 0.191 e. The summed E-state index contributed by atoms with van der Waals surface area (Å²) in [7, 11) is 0. The molecule has 0 spiro atoms.